The van der Waals surface area contributed by atoms with Crippen molar-refractivity contribution in [2.75, 3.05) is 0 Å². The Morgan fingerprint density at radius 3 is 2.78 bits per heavy atom. The summed E-state index contributed by atoms with van der Waals surface area (Å²) in [4.78, 5) is 4.44. The van der Waals surface area contributed by atoms with Crippen LogP contribution in [-0.4, -0.2) is 20.0 Å². The first-order valence-electron chi connectivity index (χ1n) is 6.94. The monoisotopic (exact) mass is 386 g/mol. The molecular weight excluding hydrogens is 376 g/mol. The van der Waals surface area contributed by atoms with Gasteiger partial charge in [-0.1, -0.05) is 41.2 Å². The third kappa shape index (κ3) is 3.02. The predicted octanol–water partition coefficient (Wildman–Crippen LogP) is 4.46. The second-order valence-electron chi connectivity index (χ2n) is 4.84. The van der Waals surface area contributed by atoms with Gasteiger partial charge in [-0.25, -0.2) is 9.67 Å². The van der Waals surface area contributed by atoms with Gasteiger partial charge in [0, 0.05) is 10.2 Å². The van der Waals surface area contributed by atoms with Gasteiger partial charge in [0.2, 0.25) is 0 Å². The Kier molecular flexibility index (Phi) is 3.88. The van der Waals surface area contributed by atoms with Gasteiger partial charge in [0.05, 0.1) is 17.6 Å². The summed E-state index contributed by atoms with van der Waals surface area (Å²) >= 11 is 5.03. The van der Waals surface area contributed by atoms with Crippen molar-refractivity contribution in [1.82, 2.24) is 20.0 Å². The zero-order valence-electron chi connectivity index (χ0n) is 11.9. The Morgan fingerprint density at radius 1 is 1.09 bits per heavy atom. The summed E-state index contributed by atoms with van der Waals surface area (Å²) in [6.07, 6.45) is 1.91. The van der Waals surface area contributed by atoms with E-state index in [-0.39, 0.29) is 0 Å². The van der Waals surface area contributed by atoms with E-state index >= 15 is 0 Å². The van der Waals surface area contributed by atoms with Crippen LogP contribution >= 0.6 is 27.7 Å². The lowest BCUT2D eigenvalue weighted by atomic mass is 10.3. The number of hydrogen-bond acceptors (Lipinski definition) is 5. The Labute approximate surface area is 144 Å². The molecule has 0 unspecified atom stereocenters. The molecule has 4 aromatic rings. The van der Waals surface area contributed by atoms with Crippen LogP contribution in [0.2, 0.25) is 0 Å². The van der Waals surface area contributed by atoms with Crippen molar-refractivity contribution >= 4 is 38.8 Å². The van der Waals surface area contributed by atoms with Crippen LogP contribution in [0.3, 0.4) is 0 Å². The van der Waals surface area contributed by atoms with E-state index in [2.05, 4.69) is 31.2 Å². The highest BCUT2D eigenvalue weighted by Crippen LogP contribution is 2.26. The molecular formula is C16H11BrN4OS. The lowest BCUT2D eigenvalue weighted by Crippen LogP contribution is -1.95. The summed E-state index contributed by atoms with van der Waals surface area (Å²) in [5, 5.41) is 9.02. The molecule has 5 nitrogen and oxygen atoms in total. The van der Waals surface area contributed by atoms with Gasteiger partial charge >= 0.3 is 0 Å². The van der Waals surface area contributed by atoms with Gasteiger partial charge in [-0.15, -0.1) is 5.10 Å². The Morgan fingerprint density at radius 2 is 1.91 bits per heavy atom. The van der Waals surface area contributed by atoms with Gasteiger partial charge in [0.1, 0.15) is 5.52 Å². The van der Waals surface area contributed by atoms with Crippen LogP contribution in [-0.2, 0) is 5.75 Å². The second kappa shape index (κ2) is 6.17. The maximum atomic E-state index is 5.69. The average Bonchev–Trinajstić information content (AvgIpc) is 3.19. The third-order valence-electron chi connectivity index (χ3n) is 3.26. The number of rotatable bonds is 4. The van der Waals surface area contributed by atoms with Crippen molar-refractivity contribution in [2.24, 2.45) is 0 Å². The first-order valence-corrected chi connectivity index (χ1v) is 8.72. The fourth-order valence-corrected chi connectivity index (χ4v) is 3.35. The minimum atomic E-state index is 0.640. The van der Waals surface area contributed by atoms with Gasteiger partial charge < -0.3 is 4.42 Å². The standard InChI is InChI=1S/C16H11BrN4OS/c17-12-5-1-3-7-14(12)21-9-11(19-20-21)10-23-16-18-13-6-2-4-8-15(13)22-16/h1-9H,10H2. The van der Waals surface area contributed by atoms with Gasteiger partial charge in [0.15, 0.2) is 5.58 Å². The van der Waals surface area contributed by atoms with Crippen LogP contribution in [0.4, 0.5) is 0 Å². The quantitative estimate of drug-likeness (QED) is 0.484. The summed E-state index contributed by atoms with van der Waals surface area (Å²) in [7, 11) is 0. The van der Waals surface area contributed by atoms with E-state index in [9.17, 15) is 0 Å². The van der Waals surface area contributed by atoms with Crippen molar-refractivity contribution in [2.45, 2.75) is 11.0 Å². The summed E-state index contributed by atoms with van der Waals surface area (Å²) in [5.41, 5.74) is 3.49. The van der Waals surface area contributed by atoms with Crippen LogP contribution in [0.5, 0.6) is 0 Å². The number of oxazole rings is 1. The Balaban J connectivity index is 1.51. The zero-order chi connectivity index (χ0) is 15.6. The van der Waals surface area contributed by atoms with Gasteiger partial charge in [0.25, 0.3) is 5.22 Å². The molecule has 0 saturated carbocycles. The molecule has 7 heteroatoms. The predicted molar refractivity (Wildman–Crippen MR) is 92.6 cm³/mol. The van der Waals surface area contributed by atoms with Gasteiger partial charge in [-0.2, -0.15) is 0 Å². The van der Waals surface area contributed by atoms with E-state index in [1.807, 2.05) is 54.7 Å². The van der Waals surface area contributed by atoms with E-state index in [1.165, 1.54) is 11.8 Å². The summed E-state index contributed by atoms with van der Waals surface area (Å²) < 4.78 is 8.42. The number of fused-ring (bicyclic) bond motifs is 1. The van der Waals surface area contributed by atoms with Crippen molar-refractivity contribution in [3.05, 3.63) is 64.9 Å². The maximum absolute atomic E-state index is 5.69. The van der Waals surface area contributed by atoms with E-state index in [0.29, 0.717) is 11.0 Å². The number of nitrogens with zero attached hydrogens (tertiary/aromatic N) is 4. The van der Waals surface area contributed by atoms with Crippen LogP contribution in [0.25, 0.3) is 16.8 Å². The first-order chi connectivity index (χ1) is 11.3. The van der Waals surface area contributed by atoms with Crippen LogP contribution in [0.15, 0.2) is 68.8 Å². The Bertz CT molecular complexity index is 932. The molecule has 114 valence electrons. The van der Waals surface area contributed by atoms with Crippen molar-refractivity contribution in [3.63, 3.8) is 0 Å². The third-order valence-corrected chi connectivity index (χ3v) is 4.79. The van der Waals surface area contributed by atoms with Crippen LogP contribution < -0.4 is 0 Å². The van der Waals surface area contributed by atoms with E-state index < -0.39 is 0 Å². The highest BCUT2D eigenvalue weighted by Gasteiger charge is 2.09. The highest BCUT2D eigenvalue weighted by molar-refractivity contribution is 9.10. The summed E-state index contributed by atoms with van der Waals surface area (Å²) in [6.45, 7) is 0. The lowest BCUT2D eigenvalue weighted by molar-refractivity contribution is 0.489. The van der Waals surface area contributed by atoms with E-state index in [0.717, 1.165) is 27.0 Å². The molecule has 23 heavy (non-hydrogen) atoms. The molecule has 0 saturated heterocycles. The largest absolute Gasteiger partial charge is 0.431 e. The fraction of sp³-hybridized carbons (Fsp3) is 0.0625. The van der Waals surface area contributed by atoms with Gasteiger partial charge in [-0.05, 0) is 40.2 Å². The molecule has 4 rings (SSSR count). The molecule has 2 heterocycles. The van der Waals surface area contributed by atoms with Crippen molar-refractivity contribution < 1.29 is 4.42 Å². The van der Waals surface area contributed by atoms with E-state index in [4.69, 9.17) is 4.42 Å². The lowest BCUT2D eigenvalue weighted by Gasteiger charge is -2.01. The topological polar surface area (TPSA) is 56.7 Å². The molecule has 0 aliphatic heterocycles. The van der Waals surface area contributed by atoms with E-state index in [1.54, 1.807) is 4.68 Å². The van der Waals surface area contributed by atoms with Crippen molar-refractivity contribution in [3.8, 4) is 5.69 Å². The average molecular weight is 387 g/mol. The maximum Gasteiger partial charge on any atom is 0.257 e. The Hall–Kier alpha value is -2.12. The molecule has 0 fully saturated rings. The molecule has 0 atom stereocenters. The SMILES string of the molecule is Brc1ccccc1-n1cc(CSc2nc3ccccc3o2)nn1. The molecule has 0 amide bonds. The number of benzene rings is 2. The zero-order valence-corrected chi connectivity index (χ0v) is 14.3. The number of thioether (sulfide) groups is 1. The normalized spacial score (nSPS) is 11.2. The summed E-state index contributed by atoms with van der Waals surface area (Å²) in [6, 6.07) is 15.6. The molecule has 0 aliphatic carbocycles. The highest BCUT2D eigenvalue weighted by atomic mass is 79.9. The van der Waals surface area contributed by atoms with Gasteiger partial charge in [-0.3, -0.25) is 0 Å². The molecule has 0 spiro atoms. The van der Waals surface area contributed by atoms with Crippen LogP contribution in [0, 0.1) is 0 Å². The second-order valence-corrected chi connectivity index (χ2v) is 6.62. The molecule has 2 aromatic heterocycles. The van der Waals surface area contributed by atoms with Crippen molar-refractivity contribution in [1.29, 1.82) is 0 Å². The minimum absolute atomic E-state index is 0.640. The smallest absolute Gasteiger partial charge is 0.257 e. The minimum Gasteiger partial charge on any atom is -0.431 e. The molecule has 0 aliphatic rings. The molecule has 2 aromatic carbocycles. The molecule has 0 radical (unpaired) electrons. The number of hydrogen-bond donors (Lipinski definition) is 0. The molecule has 0 N–H and O–H groups in total. The first kappa shape index (κ1) is 14.5. The van der Waals surface area contributed by atoms with Crippen LogP contribution in [0.1, 0.15) is 5.69 Å². The molecule has 0 bridgehead atoms. The number of halogens is 1. The fourth-order valence-electron chi connectivity index (χ4n) is 2.17. The number of aromatic nitrogens is 4. The summed E-state index contributed by atoms with van der Waals surface area (Å²) in [5.74, 6) is 0.650. The number of para-hydroxylation sites is 3.